The molecule has 0 bridgehead atoms. The SMILES string of the molecule is O=C1c2ccccc2C(=O)N1c1cccc(-c2csc(N3N=C(c4ccccc4)C[C@@H]3c3ccccc3)n2)c1. The summed E-state index contributed by atoms with van der Waals surface area (Å²) in [5, 5.41) is 9.81. The fourth-order valence-corrected chi connectivity index (χ4v) is 5.99. The van der Waals surface area contributed by atoms with Crippen molar-refractivity contribution in [3.63, 3.8) is 0 Å². The van der Waals surface area contributed by atoms with Gasteiger partial charge >= 0.3 is 0 Å². The number of hydrogen-bond donors (Lipinski definition) is 0. The summed E-state index contributed by atoms with van der Waals surface area (Å²) in [7, 11) is 0. The third kappa shape index (κ3) is 4.04. The van der Waals surface area contributed by atoms with E-state index in [0.717, 1.165) is 34.1 Å². The molecule has 0 saturated carbocycles. The van der Waals surface area contributed by atoms with Gasteiger partial charge in [0.25, 0.3) is 11.8 Å². The number of fused-ring (bicyclic) bond motifs is 1. The van der Waals surface area contributed by atoms with Crippen LogP contribution in [-0.2, 0) is 0 Å². The van der Waals surface area contributed by atoms with Crippen LogP contribution in [0.1, 0.15) is 44.3 Å². The molecule has 6 nitrogen and oxygen atoms in total. The molecule has 0 unspecified atom stereocenters. The van der Waals surface area contributed by atoms with Crippen LogP contribution in [0.15, 0.2) is 120 Å². The molecule has 1 aromatic heterocycles. The van der Waals surface area contributed by atoms with Gasteiger partial charge in [0.2, 0.25) is 5.13 Å². The van der Waals surface area contributed by atoms with Crippen molar-refractivity contribution in [3.8, 4) is 11.3 Å². The van der Waals surface area contributed by atoms with E-state index < -0.39 is 0 Å². The number of aromatic nitrogens is 1. The van der Waals surface area contributed by atoms with Crippen LogP contribution in [-0.4, -0.2) is 22.5 Å². The molecule has 1 atom stereocenters. The lowest BCUT2D eigenvalue weighted by Crippen LogP contribution is -2.29. The molecule has 188 valence electrons. The highest BCUT2D eigenvalue weighted by atomic mass is 32.1. The highest BCUT2D eigenvalue weighted by Gasteiger charge is 2.36. The zero-order valence-electron chi connectivity index (χ0n) is 20.8. The van der Waals surface area contributed by atoms with Crippen LogP contribution >= 0.6 is 11.3 Å². The Balaban J connectivity index is 1.22. The first-order valence-electron chi connectivity index (χ1n) is 12.7. The van der Waals surface area contributed by atoms with Crippen molar-refractivity contribution in [2.24, 2.45) is 5.10 Å². The Kier molecular flexibility index (Phi) is 5.64. The van der Waals surface area contributed by atoms with Gasteiger partial charge in [0.15, 0.2) is 0 Å². The van der Waals surface area contributed by atoms with Crippen LogP contribution in [0, 0.1) is 0 Å². The Hall–Kier alpha value is -4.88. The standard InChI is InChI=1S/C32H22N4O2S/c37-30-25-16-7-8-17-26(25)31(38)35(30)24-15-9-14-23(18-24)28-20-39-32(33-28)36-29(22-12-5-2-6-13-22)19-27(34-36)21-10-3-1-4-11-21/h1-18,20,29H,19H2/t29-/m1/s1. The number of imide groups is 1. The smallest absolute Gasteiger partial charge is 0.266 e. The molecule has 2 aliphatic rings. The summed E-state index contributed by atoms with van der Waals surface area (Å²) in [6.07, 6.45) is 0.776. The first kappa shape index (κ1) is 23.3. The maximum Gasteiger partial charge on any atom is 0.266 e. The van der Waals surface area contributed by atoms with Crippen LogP contribution in [0.4, 0.5) is 10.8 Å². The van der Waals surface area contributed by atoms with E-state index in [1.807, 2.05) is 65.0 Å². The van der Waals surface area contributed by atoms with Crippen LogP contribution < -0.4 is 9.91 Å². The third-order valence-corrected chi connectivity index (χ3v) is 7.91. The molecule has 0 N–H and O–H groups in total. The lowest BCUT2D eigenvalue weighted by molar-refractivity contribution is 0.0926. The van der Waals surface area contributed by atoms with E-state index in [0.29, 0.717) is 16.8 Å². The number of rotatable bonds is 5. The van der Waals surface area contributed by atoms with Gasteiger partial charge in [0.1, 0.15) is 0 Å². The quantitative estimate of drug-likeness (QED) is 0.232. The van der Waals surface area contributed by atoms with Gasteiger partial charge < -0.3 is 0 Å². The Morgan fingerprint density at radius 2 is 1.36 bits per heavy atom. The van der Waals surface area contributed by atoms with E-state index in [9.17, 15) is 9.59 Å². The molecule has 39 heavy (non-hydrogen) atoms. The minimum Gasteiger partial charge on any atom is -0.268 e. The topological polar surface area (TPSA) is 65.9 Å². The molecule has 5 aromatic rings. The molecular weight excluding hydrogens is 504 g/mol. The Bertz CT molecular complexity index is 1710. The van der Waals surface area contributed by atoms with Crippen molar-refractivity contribution in [3.05, 3.63) is 137 Å². The van der Waals surface area contributed by atoms with Crippen LogP contribution in [0.2, 0.25) is 0 Å². The summed E-state index contributed by atoms with van der Waals surface area (Å²) >= 11 is 1.53. The van der Waals surface area contributed by atoms with Crippen molar-refractivity contribution in [1.82, 2.24) is 4.98 Å². The fraction of sp³-hybridized carbons (Fsp3) is 0.0625. The van der Waals surface area contributed by atoms with E-state index in [1.165, 1.54) is 21.8 Å². The monoisotopic (exact) mass is 526 g/mol. The average Bonchev–Trinajstić information content (AvgIpc) is 3.71. The summed E-state index contributed by atoms with van der Waals surface area (Å²) in [6, 6.07) is 35.0. The van der Waals surface area contributed by atoms with Crippen molar-refractivity contribution in [2.45, 2.75) is 12.5 Å². The molecule has 0 aliphatic carbocycles. The lowest BCUT2D eigenvalue weighted by Gasteiger charge is -2.21. The number of benzene rings is 4. The van der Waals surface area contributed by atoms with Gasteiger partial charge in [-0.25, -0.2) is 14.9 Å². The second kappa shape index (κ2) is 9.45. The fourth-order valence-electron chi connectivity index (χ4n) is 5.16. The number of carbonyl (C=O) groups excluding carboxylic acids is 2. The third-order valence-electron chi connectivity index (χ3n) is 7.08. The van der Waals surface area contributed by atoms with Gasteiger partial charge in [-0.15, -0.1) is 11.3 Å². The van der Waals surface area contributed by atoms with Gasteiger partial charge in [-0.3, -0.25) is 9.59 Å². The molecule has 0 fully saturated rings. The number of hydrazone groups is 1. The summed E-state index contributed by atoms with van der Waals surface area (Å²) in [4.78, 5) is 32.2. The Morgan fingerprint density at radius 3 is 2.08 bits per heavy atom. The van der Waals surface area contributed by atoms with Gasteiger partial charge in [0.05, 0.1) is 34.3 Å². The van der Waals surface area contributed by atoms with Crippen LogP contribution in [0.3, 0.4) is 0 Å². The van der Waals surface area contributed by atoms with E-state index in [-0.39, 0.29) is 17.9 Å². The summed E-state index contributed by atoms with van der Waals surface area (Å²) in [5.41, 5.74) is 6.28. The number of anilines is 2. The number of carbonyl (C=O) groups is 2. The number of hydrogen-bond acceptors (Lipinski definition) is 6. The predicted molar refractivity (Wildman–Crippen MR) is 154 cm³/mol. The van der Waals surface area contributed by atoms with E-state index in [1.54, 1.807) is 30.3 Å². The molecule has 0 spiro atoms. The van der Waals surface area contributed by atoms with Crippen LogP contribution in [0.5, 0.6) is 0 Å². The zero-order valence-corrected chi connectivity index (χ0v) is 21.6. The lowest BCUT2D eigenvalue weighted by atomic mass is 9.99. The zero-order chi connectivity index (χ0) is 26.3. The molecule has 2 aliphatic heterocycles. The van der Waals surface area contributed by atoms with Crippen molar-refractivity contribution in [2.75, 3.05) is 9.91 Å². The van der Waals surface area contributed by atoms with Crippen molar-refractivity contribution in [1.29, 1.82) is 0 Å². The van der Waals surface area contributed by atoms with E-state index >= 15 is 0 Å². The molecule has 4 aromatic carbocycles. The second-order valence-electron chi connectivity index (χ2n) is 9.44. The normalized spacial score (nSPS) is 16.5. The molecule has 3 heterocycles. The summed E-state index contributed by atoms with van der Waals surface area (Å²) < 4.78 is 0. The number of thiazole rings is 1. The molecule has 7 rings (SSSR count). The van der Waals surface area contributed by atoms with Crippen molar-refractivity contribution >= 4 is 39.7 Å². The highest BCUT2D eigenvalue weighted by molar-refractivity contribution is 7.14. The van der Waals surface area contributed by atoms with E-state index in [2.05, 4.69) is 24.3 Å². The molecular formula is C32H22N4O2S. The molecule has 0 radical (unpaired) electrons. The molecule has 0 saturated heterocycles. The van der Waals surface area contributed by atoms with Gasteiger partial charge in [0, 0.05) is 17.4 Å². The van der Waals surface area contributed by atoms with Gasteiger partial charge in [-0.2, -0.15) is 5.10 Å². The minimum absolute atomic E-state index is 0.0325. The summed E-state index contributed by atoms with van der Waals surface area (Å²) in [5.74, 6) is -0.616. The van der Waals surface area contributed by atoms with E-state index in [4.69, 9.17) is 10.1 Å². The largest absolute Gasteiger partial charge is 0.268 e. The number of amides is 2. The average molecular weight is 527 g/mol. The van der Waals surface area contributed by atoms with Gasteiger partial charge in [-0.1, -0.05) is 84.9 Å². The number of nitrogens with zero attached hydrogens (tertiary/aromatic N) is 4. The molecule has 7 heteroatoms. The predicted octanol–water partition coefficient (Wildman–Crippen LogP) is 6.97. The highest BCUT2D eigenvalue weighted by Crippen LogP contribution is 2.40. The van der Waals surface area contributed by atoms with Gasteiger partial charge in [-0.05, 0) is 35.4 Å². The maximum absolute atomic E-state index is 13.0. The first-order valence-corrected chi connectivity index (χ1v) is 13.6. The molecule has 2 amide bonds. The van der Waals surface area contributed by atoms with Crippen molar-refractivity contribution < 1.29 is 9.59 Å². The first-order chi connectivity index (χ1) is 19.2. The second-order valence-corrected chi connectivity index (χ2v) is 10.3. The van der Waals surface area contributed by atoms with Crippen LogP contribution in [0.25, 0.3) is 11.3 Å². The Labute approximate surface area is 229 Å². The minimum atomic E-state index is -0.308. The Morgan fingerprint density at radius 1 is 0.718 bits per heavy atom. The maximum atomic E-state index is 13.0. The summed E-state index contributed by atoms with van der Waals surface area (Å²) in [6.45, 7) is 0.